The summed E-state index contributed by atoms with van der Waals surface area (Å²) in [5.41, 5.74) is 2.42. The van der Waals surface area contributed by atoms with Crippen molar-refractivity contribution in [2.45, 2.75) is 59.7 Å². The molecule has 0 aliphatic rings. The van der Waals surface area contributed by atoms with Crippen LogP contribution in [-0.4, -0.2) is 29.5 Å². The van der Waals surface area contributed by atoms with Gasteiger partial charge in [0.25, 0.3) is 0 Å². The van der Waals surface area contributed by atoms with Gasteiger partial charge in [-0.1, -0.05) is 33.8 Å². The van der Waals surface area contributed by atoms with Crippen LogP contribution in [0.5, 0.6) is 0 Å². The molecule has 0 aromatic carbocycles. The number of nitrogens with zero attached hydrogens (tertiary/aromatic N) is 2. The first-order valence-corrected chi connectivity index (χ1v) is 7.91. The molecular weight excluding hydrogens is 246 g/mol. The Balaban J connectivity index is 2.45. The molecular formula is C17H31N3. The minimum Gasteiger partial charge on any atom is -0.312 e. The molecule has 1 aromatic rings. The molecule has 1 rings (SSSR count). The second kappa shape index (κ2) is 9.09. The molecule has 0 bridgehead atoms. The molecule has 0 atom stereocenters. The number of rotatable bonds is 9. The Labute approximate surface area is 124 Å². The summed E-state index contributed by atoms with van der Waals surface area (Å²) in [6.45, 7) is 11.9. The van der Waals surface area contributed by atoms with Gasteiger partial charge in [-0.3, -0.25) is 9.88 Å². The lowest BCUT2D eigenvalue weighted by Crippen LogP contribution is -2.30. The summed E-state index contributed by atoms with van der Waals surface area (Å²) in [5, 5.41) is 3.45. The summed E-state index contributed by atoms with van der Waals surface area (Å²) < 4.78 is 0. The van der Waals surface area contributed by atoms with Crippen LogP contribution in [0.15, 0.2) is 18.3 Å². The maximum absolute atomic E-state index is 4.59. The maximum atomic E-state index is 4.59. The number of aromatic nitrogens is 1. The van der Waals surface area contributed by atoms with Crippen LogP contribution >= 0.6 is 0 Å². The highest BCUT2D eigenvalue weighted by atomic mass is 15.1. The molecule has 3 heteroatoms. The van der Waals surface area contributed by atoms with Crippen LogP contribution in [0.3, 0.4) is 0 Å². The normalized spacial score (nSPS) is 11.8. The zero-order valence-corrected chi connectivity index (χ0v) is 13.8. The van der Waals surface area contributed by atoms with Crippen molar-refractivity contribution >= 4 is 0 Å². The van der Waals surface area contributed by atoms with Crippen LogP contribution in [-0.2, 0) is 13.1 Å². The molecule has 1 heterocycles. The summed E-state index contributed by atoms with van der Waals surface area (Å²) in [4.78, 5) is 6.99. The Hall–Kier alpha value is -0.930. The lowest BCUT2D eigenvalue weighted by atomic mass is 10.1. The van der Waals surface area contributed by atoms with Crippen LogP contribution in [0.2, 0.25) is 0 Å². The van der Waals surface area contributed by atoms with Crippen molar-refractivity contribution in [3.05, 3.63) is 29.6 Å². The topological polar surface area (TPSA) is 28.2 Å². The van der Waals surface area contributed by atoms with E-state index in [0.717, 1.165) is 25.3 Å². The molecule has 0 saturated heterocycles. The highest BCUT2D eigenvalue weighted by Crippen LogP contribution is 2.10. The minimum absolute atomic E-state index is 0.657. The summed E-state index contributed by atoms with van der Waals surface area (Å²) in [6.07, 6.45) is 4.40. The van der Waals surface area contributed by atoms with E-state index in [4.69, 9.17) is 0 Å². The van der Waals surface area contributed by atoms with Gasteiger partial charge in [0.1, 0.15) is 0 Å². The molecule has 0 aliphatic heterocycles. The monoisotopic (exact) mass is 277 g/mol. The van der Waals surface area contributed by atoms with Crippen molar-refractivity contribution in [3.8, 4) is 0 Å². The smallest absolute Gasteiger partial charge is 0.0544 e. The number of hydrogen-bond acceptors (Lipinski definition) is 3. The van der Waals surface area contributed by atoms with Crippen LogP contribution in [0, 0.1) is 5.92 Å². The third kappa shape index (κ3) is 6.02. The fourth-order valence-electron chi connectivity index (χ4n) is 2.46. The van der Waals surface area contributed by atoms with Crippen molar-refractivity contribution in [1.29, 1.82) is 0 Å². The van der Waals surface area contributed by atoms with Crippen LogP contribution in [0.4, 0.5) is 0 Å². The zero-order chi connectivity index (χ0) is 15.0. The highest BCUT2D eigenvalue weighted by molar-refractivity contribution is 5.14. The standard InChI is InChI=1S/C17H31N3/c1-6-17(7-2)20(5)13-16-9-8-15(12-19-16)11-18-10-14(3)4/h8-9,12,14,17-18H,6-7,10-11,13H2,1-5H3. The van der Waals surface area contributed by atoms with Crippen LogP contribution < -0.4 is 5.32 Å². The highest BCUT2D eigenvalue weighted by Gasteiger charge is 2.11. The van der Waals surface area contributed by atoms with Gasteiger partial charge in [-0.25, -0.2) is 0 Å². The molecule has 0 saturated carbocycles. The summed E-state index contributed by atoms with van der Waals surface area (Å²) in [5.74, 6) is 0.691. The predicted octanol–water partition coefficient (Wildman–Crippen LogP) is 3.45. The van der Waals surface area contributed by atoms with E-state index < -0.39 is 0 Å². The number of nitrogens with one attached hydrogen (secondary N) is 1. The summed E-state index contributed by atoms with van der Waals surface area (Å²) in [7, 11) is 2.19. The van der Waals surface area contributed by atoms with E-state index in [1.165, 1.54) is 18.4 Å². The van der Waals surface area contributed by atoms with E-state index in [1.54, 1.807) is 0 Å². The Morgan fingerprint density at radius 3 is 2.40 bits per heavy atom. The molecule has 20 heavy (non-hydrogen) atoms. The number of pyridine rings is 1. The Morgan fingerprint density at radius 1 is 1.20 bits per heavy atom. The Morgan fingerprint density at radius 2 is 1.90 bits per heavy atom. The molecule has 0 radical (unpaired) electrons. The van der Waals surface area contributed by atoms with E-state index >= 15 is 0 Å². The molecule has 1 aromatic heterocycles. The average molecular weight is 277 g/mol. The lowest BCUT2D eigenvalue weighted by Gasteiger charge is -2.25. The third-order valence-electron chi connectivity index (χ3n) is 3.74. The van der Waals surface area contributed by atoms with E-state index in [-0.39, 0.29) is 0 Å². The summed E-state index contributed by atoms with van der Waals surface area (Å²) in [6, 6.07) is 5.01. The predicted molar refractivity (Wildman–Crippen MR) is 86.6 cm³/mol. The van der Waals surface area contributed by atoms with Crippen molar-refractivity contribution in [1.82, 2.24) is 15.2 Å². The SMILES string of the molecule is CCC(CC)N(C)Cc1ccc(CNCC(C)C)cn1. The van der Waals surface area contributed by atoms with Gasteiger partial charge in [0.2, 0.25) is 0 Å². The first kappa shape index (κ1) is 17.1. The lowest BCUT2D eigenvalue weighted by molar-refractivity contribution is 0.219. The van der Waals surface area contributed by atoms with Gasteiger partial charge < -0.3 is 5.32 Å². The van der Waals surface area contributed by atoms with Gasteiger partial charge in [0.15, 0.2) is 0 Å². The van der Waals surface area contributed by atoms with Crippen molar-refractivity contribution in [2.75, 3.05) is 13.6 Å². The molecule has 0 spiro atoms. The third-order valence-corrected chi connectivity index (χ3v) is 3.74. The fourth-order valence-corrected chi connectivity index (χ4v) is 2.46. The summed E-state index contributed by atoms with van der Waals surface area (Å²) >= 11 is 0. The molecule has 114 valence electrons. The molecule has 0 amide bonds. The number of hydrogen-bond donors (Lipinski definition) is 1. The fraction of sp³-hybridized carbons (Fsp3) is 0.706. The average Bonchev–Trinajstić information content (AvgIpc) is 2.42. The maximum Gasteiger partial charge on any atom is 0.0544 e. The molecule has 0 aliphatic carbocycles. The van der Waals surface area contributed by atoms with Gasteiger partial charge in [-0.15, -0.1) is 0 Å². The second-order valence-electron chi connectivity index (χ2n) is 6.07. The first-order valence-electron chi connectivity index (χ1n) is 7.91. The van der Waals surface area contributed by atoms with Crippen LogP contribution in [0.25, 0.3) is 0 Å². The molecule has 0 fully saturated rings. The van der Waals surface area contributed by atoms with Gasteiger partial charge in [-0.2, -0.15) is 0 Å². The van der Waals surface area contributed by atoms with Gasteiger partial charge in [-0.05, 0) is 44.0 Å². The second-order valence-corrected chi connectivity index (χ2v) is 6.07. The van der Waals surface area contributed by atoms with Crippen molar-refractivity contribution < 1.29 is 0 Å². The van der Waals surface area contributed by atoms with E-state index in [9.17, 15) is 0 Å². The van der Waals surface area contributed by atoms with E-state index in [1.807, 2.05) is 6.20 Å². The zero-order valence-electron chi connectivity index (χ0n) is 13.8. The largest absolute Gasteiger partial charge is 0.312 e. The first-order chi connectivity index (χ1) is 9.56. The van der Waals surface area contributed by atoms with Crippen LogP contribution in [0.1, 0.15) is 51.8 Å². The van der Waals surface area contributed by atoms with Gasteiger partial charge in [0.05, 0.1) is 5.69 Å². The van der Waals surface area contributed by atoms with Gasteiger partial charge >= 0.3 is 0 Å². The van der Waals surface area contributed by atoms with Crippen molar-refractivity contribution in [3.63, 3.8) is 0 Å². The molecule has 1 N–H and O–H groups in total. The van der Waals surface area contributed by atoms with Gasteiger partial charge in [0, 0.05) is 25.3 Å². The van der Waals surface area contributed by atoms with E-state index in [2.05, 4.69) is 62.1 Å². The minimum atomic E-state index is 0.657. The molecule has 3 nitrogen and oxygen atoms in total. The van der Waals surface area contributed by atoms with Crippen molar-refractivity contribution in [2.24, 2.45) is 5.92 Å². The Bertz CT molecular complexity index is 355. The van der Waals surface area contributed by atoms with E-state index in [0.29, 0.717) is 12.0 Å². The Kier molecular flexibility index (Phi) is 7.78. The molecule has 0 unspecified atom stereocenters. The quantitative estimate of drug-likeness (QED) is 0.749.